The van der Waals surface area contributed by atoms with Gasteiger partial charge < -0.3 is 38.5 Å². The van der Waals surface area contributed by atoms with Crippen LogP contribution in [-0.2, 0) is 49.4 Å². The maximum atomic E-state index is 12.5. The molecule has 0 bridgehead atoms. The summed E-state index contributed by atoms with van der Waals surface area (Å²) < 4.78 is 35.9. The van der Waals surface area contributed by atoms with E-state index in [2.05, 4.69) is 37.7 Å². The minimum Gasteiger partial charge on any atom is -0.467 e. The van der Waals surface area contributed by atoms with Gasteiger partial charge in [0.2, 0.25) is 0 Å². The van der Waals surface area contributed by atoms with Gasteiger partial charge in [0, 0.05) is 12.1 Å². The first-order chi connectivity index (χ1) is 22.8. The molecule has 0 atom stereocenters. The highest BCUT2D eigenvalue weighted by Gasteiger charge is 2.34. The van der Waals surface area contributed by atoms with E-state index < -0.39 is 29.6 Å². The first-order valence-electron chi connectivity index (χ1n) is 15.6. The van der Waals surface area contributed by atoms with Crippen LogP contribution in [-0.4, -0.2) is 85.1 Å². The molecule has 3 rings (SSSR count). The first-order valence-corrected chi connectivity index (χ1v) is 15.6. The van der Waals surface area contributed by atoms with Gasteiger partial charge in [-0.1, -0.05) is 74.2 Å². The molecule has 0 aliphatic rings. The van der Waals surface area contributed by atoms with Crippen LogP contribution in [0.15, 0.2) is 54.6 Å². The van der Waals surface area contributed by atoms with Crippen molar-refractivity contribution in [3.05, 3.63) is 60.2 Å². The van der Waals surface area contributed by atoms with Crippen molar-refractivity contribution in [2.24, 2.45) is 5.41 Å². The molecule has 0 aromatic heterocycles. The van der Waals surface area contributed by atoms with Gasteiger partial charge in [-0.05, 0) is 40.5 Å². The summed E-state index contributed by atoms with van der Waals surface area (Å²) in [4.78, 5) is 47.4. The van der Waals surface area contributed by atoms with Crippen molar-refractivity contribution in [1.82, 2.24) is 5.32 Å². The summed E-state index contributed by atoms with van der Waals surface area (Å²) in [6, 6.07) is 18.3. The van der Waals surface area contributed by atoms with Crippen LogP contribution in [0, 0.1) is 5.41 Å². The molecule has 0 unspecified atom stereocenters. The van der Waals surface area contributed by atoms with E-state index in [1.807, 2.05) is 36.4 Å². The second kappa shape index (κ2) is 20.0. The highest BCUT2D eigenvalue weighted by Crippen LogP contribution is 2.30. The van der Waals surface area contributed by atoms with Gasteiger partial charge in [0.15, 0.2) is 0 Å². The van der Waals surface area contributed by atoms with Gasteiger partial charge in [-0.25, -0.2) is 19.2 Å². The number of hydrogen-bond acceptors (Lipinski definition) is 11. The van der Waals surface area contributed by atoms with Crippen LogP contribution in [0.2, 0.25) is 0 Å². The lowest BCUT2D eigenvalue weighted by molar-refractivity contribution is -0.152. The van der Waals surface area contributed by atoms with Gasteiger partial charge in [0.1, 0.15) is 26.4 Å². The zero-order valence-electron chi connectivity index (χ0n) is 27.4. The Kier molecular flexibility index (Phi) is 15.7. The number of carbonyl (C=O) groups excluding carboxylic acids is 4. The zero-order chi connectivity index (χ0) is 33.9. The molecule has 12 nitrogen and oxygen atoms in total. The summed E-state index contributed by atoms with van der Waals surface area (Å²) in [7, 11) is 3.71. The average Bonchev–Trinajstić information content (AvgIpc) is 3.09. The highest BCUT2D eigenvalue weighted by atomic mass is 16.7. The van der Waals surface area contributed by atoms with E-state index in [1.54, 1.807) is 0 Å². The van der Waals surface area contributed by atoms with Gasteiger partial charge in [-0.2, -0.15) is 0 Å². The molecule has 0 radical (unpaired) electrons. The molecular formula is C35H45NO11. The van der Waals surface area contributed by atoms with Crippen molar-refractivity contribution in [2.45, 2.75) is 45.1 Å². The van der Waals surface area contributed by atoms with E-state index in [-0.39, 0.29) is 39.6 Å². The molecule has 256 valence electrons. The number of ether oxygens (including phenoxy) is 7. The third-order valence-corrected chi connectivity index (χ3v) is 7.76. The molecule has 0 fully saturated rings. The van der Waals surface area contributed by atoms with Gasteiger partial charge >= 0.3 is 24.2 Å². The number of amides is 1. The largest absolute Gasteiger partial charge is 0.508 e. The summed E-state index contributed by atoms with van der Waals surface area (Å²) in [6.07, 6.45) is 3.28. The van der Waals surface area contributed by atoms with Gasteiger partial charge in [-0.15, -0.1) is 0 Å². The van der Waals surface area contributed by atoms with E-state index >= 15 is 0 Å². The molecule has 3 aromatic carbocycles. The average molecular weight is 656 g/mol. The van der Waals surface area contributed by atoms with Crippen LogP contribution in [0.5, 0.6) is 0 Å². The van der Waals surface area contributed by atoms with Gasteiger partial charge in [0.25, 0.3) is 0 Å². The van der Waals surface area contributed by atoms with Crippen molar-refractivity contribution in [1.29, 1.82) is 0 Å². The van der Waals surface area contributed by atoms with Gasteiger partial charge in [0.05, 0.1) is 40.0 Å². The number of unbranched alkanes of at least 4 members (excludes halogenated alkanes) is 4. The number of esters is 2. The number of nitrogens with one attached hydrogen (secondary N) is 1. The monoisotopic (exact) mass is 655 g/mol. The number of hydrogen-bond donors (Lipinski definition) is 1. The molecular weight excluding hydrogens is 610 g/mol. The third kappa shape index (κ3) is 12.4. The molecule has 1 amide bonds. The SMILES string of the molecule is COC(=O)COCC(CCCCCCCNC(=O)OCc1c2ccccc2cc2ccccc12)(COCC(=O)OC)COC(=O)OC. The van der Waals surface area contributed by atoms with E-state index in [1.165, 1.54) is 21.3 Å². The normalized spacial score (nSPS) is 11.2. The van der Waals surface area contributed by atoms with Crippen molar-refractivity contribution >= 4 is 45.7 Å². The molecule has 47 heavy (non-hydrogen) atoms. The van der Waals surface area contributed by atoms with Gasteiger partial charge in [-0.3, -0.25) is 0 Å². The van der Waals surface area contributed by atoms with Crippen LogP contribution < -0.4 is 5.32 Å². The minimum atomic E-state index is -0.869. The van der Waals surface area contributed by atoms with Crippen LogP contribution in [0.1, 0.15) is 44.1 Å². The number of rotatable bonds is 20. The van der Waals surface area contributed by atoms with Crippen molar-refractivity contribution < 1.29 is 52.3 Å². The number of fused-ring (bicyclic) bond motifs is 2. The molecule has 0 spiro atoms. The Morgan fingerprint density at radius 2 is 1.21 bits per heavy atom. The van der Waals surface area contributed by atoms with E-state index in [4.69, 9.17) is 18.9 Å². The van der Waals surface area contributed by atoms with Crippen LogP contribution in [0.4, 0.5) is 9.59 Å². The summed E-state index contributed by atoms with van der Waals surface area (Å²) in [5, 5.41) is 7.16. The standard InChI is InChI=1S/C35H45NO11/c1-41-31(37)21-44-23-35(25-47-34(40)43-3,24-45-22-32(38)42-2)17-11-5-4-6-12-18-36-33(39)46-20-30-28-15-9-7-13-26(28)19-27-14-8-10-16-29(27)30/h7-10,13-16,19H,4-6,11-12,17-18,20-25H2,1-3H3,(H,36,39). The van der Waals surface area contributed by atoms with Crippen molar-refractivity contribution in [3.8, 4) is 0 Å². The van der Waals surface area contributed by atoms with Crippen molar-refractivity contribution in [2.75, 3.05) is 60.9 Å². The Hall–Kier alpha value is -4.42. The molecule has 0 saturated carbocycles. The van der Waals surface area contributed by atoms with Crippen LogP contribution in [0.3, 0.4) is 0 Å². The van der Waals surface area contributed by atoms with Crippen molar-refractivity contribution in [3.63, 3.8) is 0 Å². The topological polar surface area (TPSA) is 145 Å². The predicted molar refractivity (Wildman–Crippen MR) is 174 cm³/mol. The number of benzene rings is 3. The smallest absolute Gasteiger partial charge is 0.467 e. The Bertz CT molecular complexity index is 1380. The molecule has 12 heteroatoms. The Morgan fingerprint density at radius 3 is 1.79 bits per heavy atom. The fourth-order valence-electron chi connectivity index (χ4n) is 5.23. The Morgan fingerprint density at radius 1 is 0.660 bits per heavy atom. The minimum absolute atomic E-state index is 0.0147. The lowest BCUT2D eigenvalue weighted by Crippen LogP contribution is -2.39. The maximum Gasteiger partial charge on any atom is 0.508 e. The zero-order valence-corrected chi connectivity index (χ0v) is 27.4. The van der Waals surface area contributed by atoms with E-state index in [9.17, 15) is 19.2 Å². The third-order valence-electron chi connectivity index (χ3n) is 7.76. The number of carbonyl (C=O) groups is 4. The summed E-state index contributed by atoms with van der Waals surface area (Å²) >= 11 is 0. The quantitative estimate of drug-likeness (QED) is 0.0692. The van der Waals surface area contributed by atoms with E-state index in [0.29, 0.717) is 13.0 Å². The molecule has 0 heterocycles. The maximum absolute atomic E-state index is 12.5. The summed E-state index contributed by atoms with van der Waals surface area (Å²) in [5.41, 5.74) is 0.130. The Balaban J connectivity index is 1.44. The highest BCUT2D eigenvalue weighted by molar-refractivity contribution is 6.02. The molecule has 0 saturated heterocycles. The number of methoxy groups -OCH3 is 3. The van der Waals surface area contributed by atoms with Crippen LogP contribution in [0.25, 0.3) is 21.5 Å². The Labute approximate surface area is 274 Å². The lowest BCUT2D eigenvalue weighted by atomic mass is 9.84. The second-order valence-electron chi connectivity index (χ2n) is 11.2. The predicted octanol–water partition coefficient (Wildman–Crippen LogP) is 5.71. The lowest BCUT2D eigenvalue weighted by Gasteiger charge is -2.32. The number of alkyl carbamates (subject to hydrolysis) is 1. The molecule has 3 aromatic rings. The summed E-state index contributed by atoms with van der Waals surface area (Å²) in [5.74, 6) is -1.11. The first kappa shape index (κ1) is 37.0. The molecule has 0 aliphatic heterocycles. The molecule has 0 aliphatic carbocycles. The van der Waals surface area contributed by atoms with E-state index in [0.717, 1.165) is 59.2 Å². The molecule has 1 N–H and O–H groups in total. The summed E-state index contributed by atoms with van der Waals surface area (Å²) in [6.45, 7) is -0.0101. The fraction of sp³-hybridized carbons (Fsp3) is 0.486. The fourth-order valence-corrected chi connectivity index (χ4v) is 5.23. The van der Waals surface area contributed by atoms with Crippen LogP contribution >= 0.6 is 0 Å². The second-order valence-corrected chi connectivity index (χ2v) is 11.2.